The number of piperazine rings is 1. The van der Waals surface area contributed by atoms with Crippen molar-refractivity contribution >= 4 is 0 Å². The van der Waals surface area contributed by atoms with Gasteiger partial charge < -0.3 is 4.90 Å². The molecule has 1 heterocycles. The molecular formula is C17H26N2. The lowest BCUT2D eigenvalue weighted by atomic mass is 9.85. The summed E-state index contributed by atoms with van der Waals surface area (Å²) in [5.74, 6) is 0. The molecule has 2 aliphatic rings. The minimum atomic E-state index is 0.684. The van der Waals surface area contributed by atoms with E-state index in [0.29, 0.717) is 6.04 Å². The van der Waals surface area contributed by atoms with Gasteiger partial charge in [-0.25, -0.2) is 0 Å². The first-order valence-electron chi connectivity index (χ1n) is 7.82. The number of rotatable bonds is 2. The molecule has 0 aromatic heterocycles. The van der Waals surface area contributed by atoms with Gasteiger partial charge in [-0.2, -0.15) is 0 Å². The highest BCUT2D eigenvalue weighted by atomic mass is 15.3. The molecule has 0 amide bonds. The van der Waals surface area contributed by atoms with E-state index in [1.165, 1.54) is 51.0 Å². The van der Waals surface area contributed by atoms with Crippen LogP contribution in [0.15, 0.2) is 18.2 Å². The monoisotopic (exact) mass is 258 g/mol. The Labute approximate surface area is 117 Å². The summed E-state index contributed by atoms with van der Waals surface area (Å²) in [6.07, 6.45) is 5.14. The van der Waals surface area contributed by atoms with E-state index < -0.39 is 0 Å². The number of benzene rings is 1. The zero-order valence-electron chi connectivity index (χ0n) is 12.4. The number of hydrogen-bond acceptors (Lipinski definition) is 2. The van der Waals surface area contributed by atoms with E-state index in [-0.39, 0.29) is 0 Å². The summed E-state index contributed by atoms with van der Waals surface area (Å²) in [5, 5.41) is 0. The number of likely N-dealkylation sites (N-methyl/N-ethyl adjacent to an activating group) is 1. The second-order valence-electron chi connectivity index (χ2n) is 6.13. The second kappa shape index (κ2) is 5.64. The molecule has 1 fully saturated rings. The van der Waals surface area contributed by atoms with E-state index >= 15 is 0 Å². The van der Waals surface area contributed by atoms with Gasteiger partial charge in [0.2, 0.25) is 0 Å². The van der Waals surface area contributed by atoms with Gasteiger partial charge in [0, 0.05) is 32.2 Å². The van der Waals surface area contributed by atoms with Crippen LogP contribution in [0.5, 0.6) is 0 Å². The Hall–Kier alpha value is -0.860. The lowest BCUT2D eigenvalue weighted by Gasteiger charge is -2.40. The molecule has 1 aliphatic carbocycles. The predicted octanol–water partition coefficient (Wildman–Crippen LogP) is 2.87. The Balaban J connectivity index is 1.84. The lowest BCUT2D eigenvalue weighted by Crippen LogP contribution is -2.46. The molecule has 2 heteroatoms. The summed E-state index contributed by atoms with van der Waals surface area (Å²) in [6, 6.07) is 7.88. The van der Waals surface area contributed by atoms with Crippen LogP contribution >= 0.6 is 0 Å². The normalized spacial score (nSPS) is 25.3. The quantitative estimate of drug-likeness (QED) is 0.805. The topological polar surface area (TPSA) is 6.48 Å². The van der Waals surface area contributed by atoms with Gasteiger partial charge in [0.1, 0.15) is 0 Å². The van der Waals surface area contributed by atoms with Gasteiger partial charge in [-0.15, -0.1) is 0 Å². The molecule has 0 N–H and O–H groups in total. The van der Waals surface area contributed by atoms with Crippen molar-refractivity contribution in [2.45, 2.75) is 38.6 Å². The van der Waals surface area contributed by atoms with E-state index in [4.69, 9.17) is 0 Å². The minimum Gasteiger partial charge on any atom is -0.304 e. The van der Waals surface area contributed by atoms with E-state index in [1.54, 1.807) is 11.1 Å². The third kappa shape index (κ3) is 2.70. The standard InChI is InChI=1S/C17H26N2/c1-3-14-7-8-15-5-4-6-17(16(15)13-14)19-11-9-18(2)10-12-19/h7-8,13,17H,3-6,9-12H2,1-2H3. The van der Waals surface area contributed by atoms with E-state index in [1.807, 2.05) is 0 Å². The zero-order chi connectivity index (χ0) is 13.2. The van der Waals surface area contributed by atoms with Gasteiger partial charge in [-0.1, -0.05) is 25.1 Å². The molecule has 2 nitrogen and oxygen atoms in total. The Kier molecular flexibility index (Phi) is 3.90. The van der Waals surface area contributed by atoms with E-state index in [0.717, 1.165) is 6.42 Å². The molecule has 3 rings (SSSR count). The van der Waals surface area contributed by atoms with Crippen LogP contribution in [0.1, 0.15) is 42.5 Å². The predicted molar refractivity (Wildman–Crippen MR) is 80.6 cm³/mol. The minimum absolute atomic E-state index is 0.684. The van der Waals surface area contributed by atoms with Crippen molar-refractivity contribution in [2.75, 3.05) is 33.2 Å². The van der Waals surface area contributed by atoms with Crippen LogP contribution in [0.2, 0.25) is 0 Å². The van der Waals surface area contributed by atoms with Crippen LogP contribution in [0.4, 0.5) is 0 Å². The molecule has 1 aliphatic heterocycles. The first-order valence-corrected chi connectivity index (χ1v) is 7.82. The first kappa shape index (κ1) is 13.1. The largest absolute Gasteiger partial charge is 0.304 e. The summed E-state index contributed by atoms with van der Waals surface area (Å²) >= 11 is 0. The van der Waals surface area contributed by atoms with Gasteiger partial charge in [-0.3, -0.25) is 4.90 Å². The van der Waals surface area contributed by atoms with Crippen molar-refractivity contribution < 1.29 is 0 Å². The first-order chi connectivity index (χ1) is 9.28. The molecule has 1 aromatic carbocycles. The lowest BCUT2D eigenvalue weighted by molar-refractivity contribution is 0.102. The summed E-state index contributed by atoms with van der Waals surface area (Å²) in [4.78, 5) is 5.17. The summed E-state index contributed by atoms with van der Waals surface area (Å²) in [7, 11) is 2.24. The smallest absolute Gasteiger partial charge is 0.0352 e. The van der Waals surface area contributed by atoms with Crippen molar-refractivity contribution in [3.63, 3.8) is 0 Å². The number of hydrogen-bond donors (Lipinski definition) is 0. The maximum Gasteiger partial charge on any atom is 0.0352 e. The Bertz CT molecular complexity index is 433. The summed E-state index contributed by atoms with van der Waals surface area (Å²) < 4.78 is 0. The highest BCUT2D eigenvalue weighted by molar-refractivity contribution is 5.36. The summed E-state index contributed by atoms with van der Waals surface area (Å²) in [5.41, 5.74) is 4.74. The Morgan fingerprint density at radius 3 is 2.68 bits per heavy atom. The average Bonchev–Trinajstić information content (AvgIpc) is 2.47. The zero-order valence-corrected chi connectivity index (χ0v) is 12.4. The van der Waals surface area contributed by atoms with Crippen LogP contribution in [0.3, 0.4) is 0 Å². The molecular weight excluding hydrogens is 232 g/mol. The van der Waals surface area contributed by atoms with E-state index in [2.05, 4.69) is 42.0 Å². The maximum atomic E-state index is 2.72. The second-order valence-corrected chi connectivity index (χ2v) is 6.13. The van der Waals surface area contributed by atoms with Crippen LogP contribution in [-0.4, -0.2) is 43.0 Å². The van der Waals surface area contributed by atoms with Crippen molar-refractivity contribution in [3.05, 3.63) is 34.9 Å². The van der Waals surface area contributed by atoms with Gasteiger partial charge in [0.15, 0.2) is 0 Å². The highest BCUT2D eigenvalue weighted by Crippen LogP contribution is 2.35. The fourth-order valence-electron chi connectivity index (χ4n) is 3.56. The van der Waals surface area contributed by atoms with Gasteiger partial charge >= 0.3 is 0 Å². The molecule has 0 bridgehead atoms. The third-order valence-electron chi connectivity index (χ3n) is 4.88. The summed E-state index contributed by atoms with van der Waals surface area (Å²) in [6.45, 7) is 7.17. The number of aryl methyl sites for hydroxylation is 2. The number of nitrogens with zero attached hydrogens (tertiary/aromatic N) is 2. The SMILES string of the molecule is CCc1ccc2c(c1)C(N1CCN(C)CC1)CCC2. The molecule has 1 saturated heterocycles. The fourth-order valence-corrected chi connectivity index (χ4v) is 3.56. The maximum absolute atomic E-state index is 2.72. The molecule has 19 heavy (non-hydrogen) atoms. The Morgan fingerprint density at radius 2 is 1.95 bits per heavy atom. The van der Waals surface area contributed by atoms with Crippen LogP contribution in [0.25, 0.3) is 0 Å². The third-order valence-corrected chi connectivity index (χ3v) is 4.88. The van der Waals surface area contributed by atoms with Crippen molar-refractivity contribution in [1.29, 1.82) is 0 Å². The van der Waals surface area contributed by atoms with Gasteiger partial charge in [0.25, 0.3) is 0 Å². The molecule has 0 radical (unpaired) electrons. The fraction of sp³-hybridized carbons (Fsp3) is 0.647. The van der Waals surface area contributed by atoms with Crippen molar-refractivity contribution in [2.24, 2.45) is 0 Å². The molecule has 104 valence electrons. The van der Waals surface area contributed by atoms with Gasteiger partial charge in [0.05, 0.1) is 0 Å². The van der Waals surface area contributed by atoms with E-state index in [9.17, 15) is 0 Å². The average molecular weight is 258 g/mol. The molecule has 1 aromatic rings. The van der Waals surface area contributed by atoms with Crippen LogP contribution < -0.4 is 0 Å². The van der Waals surface area contributed by atoms with Crippen molar-refractivity contribution in [1.82, 2.24) is 9.80 Å². The van der Waals surface area contributed by atoms with Crippen molar-refractivity contribution in [3.8, 4) is 0 Å². The van der Waals surface area contributed by atoms with Gasteiger partial charge in [-0.05, 0) is 49.4 Å². The highest BCUT2D eigenvalue weighted by Gasteiger charge is 2.27. The Morgan fingerprint density at radius 1 is 1.16 bits per heavy atom. The molecule has 0 saturated carbocycles. The number of fused-ring (bicyclic) bond motifs is 1. The molecule has 0 spiro atoms. The molecule has 1 unspecified atom stereocenters. The molecule has 1 atom stereocenters. The van der Waals surface area contributed by atoms with Crippen LogP contribution in [-0.2, 0) is 12.8 Å². The van der Waals surface area contributed by atoms with Crippen LogP contribution in [0, 0.1) is 0 Å².